The van der Waals surface area contributed by atoms with Gasteiger partial charge in [-0.2, -0.15) is 0 Å². The summed E-state index contributed by atoms with van der Waals surface area (Å²) >= 11 is 0. The summed E-state index contributed by atoms with van der Waals surface area (Å²) in [6, 6.07) is 3.59. The zero-order valence-corrected chi connectivity index (χ0v) is 12.7. The summed E-state index contributed by atoms with van der Waals surface area (Å²) in [5.74, 6) is -0.352. The molecule has 0 radical (unpaired) electrons. The topological polar surface area (TPSA) is 54.5 Å². The Labute approximate surface area is 121 Å². The Balaban J connectivity index is 2.30. The van der Waals surface area contributed by atoms with E-state index in [1.54, 1.807) is 12.3 Å². The molecular formula is C15H25N3O2. The Morgan fingerprint density at radius 2 is 2.15 bits per heavy atom. The predicted octanol–water partition coefficient (Wildman–Crippen LogP) is 1.69. The fourth-order valence-corrected chi connectivity index (χ4v) is 1.97. The van der Waals surface area contributed by atoms with Crippen molar-refractivity contribution in [3.05, 3.63) is 29.6 Å². The predicted molar refractivity (Wildman–Crippen MR) is 79.7 cm³/mol. The lowest BCUT2D eigenvalue weighted by Crippen LogP contribution is -2.32. The number of likely N-dealkylation sites (N-methyl/N-ethyl adjacent to an activating group) is 1. The molecule has 0 fully saturated rings. The molecule has 5 nitrogen and oxygen atoms in total. The molecule has 0 saturated carbocycles. The van der Waals surface area contributed by atoms with E-state index >= 15 is 0 Å². The van der Waals surface area contributed by atoms with E-state index in [-0.39, 0.29) is 5.97 Å². The van der Waals surface area contributed by atoms with Crippen LogP contribution in [0, 0.1) is 0 Å². The third-order valence-corrected chi connectivity index (χ3v) is 3.14. The second-order valence-corrected chi connectivity index (χ2v) is 4.64. The summed E-state index contributed by atoms with van der Waals surface area (Å²) in [5, 5.41) is 3.37. The van der Waals surface area contributed by atoms with Crippen molar-refractivity contribution in [1.82, 2.24) is 15.2 Å². The Morgan fingerprint density at radius 3 is 2.70 bits per heavy atom. The minimum Gasteiger partial charge on any atom is -0.465 e. The number of hydrogen-bond acceptors (Lipinski definition) is 5. The first-order chi connectivity index (χ1) is 9.71. The number of esters is 1. The summed E-state index contributed by atoms with van der Waals surface area (Å²) in [6.45, 7) is 9.31. The van der Waals surface area contributed by atoms with Crippen molar-refractivity contribution in [2.45, 2.75) is 26.8 Å². The highest BCUT2D eigenvalue weighted by Gasteiger charge is 2.05. The molecule has 1 heterocycles. The molecule has 20 heavy (non-hydrogen) atoms. The van der Waals surface area contributed by atoms with E-state index in [0.29, 0.717) is 12.1 Å². The van der Waals surface area contributed by atoms with Crippen molar-refractivity contribution in [3.63, 3.8) is 0 Å². The largest absolute Gasteiger partial charge is 0.465 e. The molecule has 0 aliphatic heterocycles. The smallest absolute Gasteiger partial charge is 0.339 e. The quantitative estimate of drug-likeness (QED) is 0.551. The number of carbonyl (C=O) groups is 1. The van der Waals surface area contributed by atoms with Crippen LogP contribution < -0.4 is 5.32 Å². The Morgan fingerprint density at radius 1 is 1.35 bits per heavy atom. The molecule has 112 valence electrons. The minimum atomic E-state index is -0.352. The number of nitrogens with zero attached hydrogens (tertiary/aromatic N) is 2. The molecule has 1 rings (SSSR count). The van der Waals surface area contributed by atoms with E-state index in [9.17, 15) is 4.79 Å². The van der Waals surface area contributed by atoms with Crippen molar-refractivity contribution < 1.29 is 9.53 Å². The number of ether oxygens (including phenoxy) is 1. The maximum absolute atomic E-state index is 11.3. The average molecular weight is 279 g/mol. The lowest BCUT2D eigenvalue weighted by Gasteiger charge is -2.19. The van der Waals surface area contributed by atoms with Gasteiger partial charge in [-0.1, -0.05) is 13.8 Å². The molecule has 0 saturated heterocycles. The first kappa shape index (κ1) is 16.6. The molecule has 5 heteroatoms. The van der Waals surface area contributed by atoms with Crippen LogP contribution in [0.4, 0.5) is 0 Å². The third-order valence-electron chi connectivity index (χ3n) is 3.14. The highest BCUT2D eigenvalue weighted by atomic mass is 16.5. The number of nitrogens with one attached hydrogen (secondary N) is 1. The summed E-state index contributed by atoms with van der Waals surface area (Å²) in [6.07, 6.45) is 2.74. The van der Waals surface area contributed by atoms with Gasteiger partial charge in [-0.15, -0.1) is 0 Å². The SMILES string of the molecule is CCCN(CC)CCNCc1ccc(C(=O)OC)cn1. The lowest BCUT2D eigenvalue weighted by molar-refractivity contribution is 0.0600. The van der Waals surface area contributed by atoms with Gasteiger partial charge in [0.2, 0.25) is 0 Å². The van der Waals surface area contributed by atoms with E-state index < -0.39 is 0 Å². The van der Waals surface area contributed by atoms with Crippen LogP contribution >= 0.6 is 0 Å². The van der Waals surface area contributed by atoms with Crippen LogP contribution in [0.1, 0.15) is 36.3 Å². The van der Waals surface area contributed by atoms with E-state index in [0.717, 1.165) is 31.9 Å². The summed E-state index contributed by atoms with van der Waals surface area (Å²) < 4.78 is 4.64. The molecule has 0 aliphatic carbocycles. The van der Waals surface area contributed by atoms with Gasteiger partial charge in [0.05, 0.1) is 18.4 Å². The number of methoxy groups -OCH3 is 1. The maximum atomic E-state index is 11.3. The number of carbonyl (C=O) groups excluding carboxylic acids is 1. The molecule has 1 N–H and O–H groups in total. The van der Waals surface area contributed by atoms with E-state index in [2.05, 4.69) is 33.8 Å². The van der Waals surface area contributed by atoms with Crippen LogP contribution in [0.3, 0.4) is 0 Å². The van der Waals surface area contributed by atoms with Crippen LogP contribution in [0.5, 0.6) is 0 Å². The van der Waals surface area contributed by atoms with Gasteiger partial charge in [-0.05, 0) is 31.6 Å². The molecular weight excluding hydrogens is 254 g/mol. The normalized spacial score (nSPS) is 10.8. The van der Waals surface area contributed by atoms with E-state index in [4.69, 9.17) is 0 Å². The third kappa shape index (κ3) is 5.67. The van der Waals surface area contributed by atoms with Crippen LogP contribution in [0.2, 0.25) is 0 Å². The van der Waals surface area contributed by atoms with Gasteiger partial charge in [0.15, 0.2) is 0 Å². The molecule has 1 aromatic rings. The highest BCUT2D eigenvalue weighted by Crippen LogP contribution is 2.01. The van der Waals surface area contributed by atoms with Crippen molar-refractivity contribution in [2.75, 3.05) is 33.3 Å². The van der Waals surface area contributed by atoms with E-state index in [1.165, 1.54) is 13.5 Å². The zero-order valence-electron chi connectivity index (χ0n) is 12.7. The average Bonchev–Trinajstić information content (AvgIpc) is 2.50. The Hall–Kier alpha value is -1.46. The number of aromatic nitrogens is 1. The first-order valence-electron chi connectivity index (χ1n) is 7.17. The van der Waals surface area contributed by atoms with E-state index in [1.807, 2.05) is 6.07 Å². The van der Waals surface area contributed by atoms with Crippen LogP contribution in [0.25, 0.3) is 0 Å². The van der Waals surface area contributed by atoms with Gasteiger partial charge in [0.25, 0.3) is 0 Å². The van der Waals surface area contributed by atoms with Gasteiger partial charge in [0.1, 0.15) is 0 Å². The summed E-state index contributed by atoms with van der Waals surface area (Å²) in [5.41, 5.74) is 1.41. The summed E-state index contributed by atoms with van der Waals surface area (Å²) in [7, 11) is 1.37. The monoisotopic (exact) mass is 279 g/mol. The molecule has 0 unspecified atom stereocenters. The fourth-order valence-electron chi connectivity index (χ4n) is 1.97. The number of pyridine rings is 1. The molecule has 0 bridgehead atoms. The zero-order chi connectivity index (χ0) is 14.8. The van der Waals surface area contributed by atoms with Crippen LogP contribution in [-0.4, -0.2) is 49.1 Å². The van der Waals surface area contributed by atoms with Crippen LogP contribution in [0.15, 0.2) is 18.3 Å². The Bertz CT molecular complexity index is 393. The van der Waals surface area contributed by atoms with Gasteiger partial charge >= 0.3 is 5.97 Å². The first-order valence-corrected chi connectivity index (χ1v) is 7.17. The van der Waals surface area contributed by atoms with Crippen molar-refractivity contribution in [1.29, 1.82) is 0 Å². The van der Waals surface area contributed by atoms with Crippen molar-refractivity contribution in [3.8, 4) is 0 Å². The fraction of sp³-hybridized carbons (Fsp3) is 0.600. The molecule has 0 aromatic carbocycles. The van der Waals surface area contributed by atoms with Gasteiger partial charge in [-0.3, -0.25) is 4.98 Å². The van der Waals surface area contributed by atoms with Crippen molar-refractivity contribution in [2.24, 2.45) is 0 Å². The van der Waals surface area contributed by atoms with Crippen molar-refractivity contribution >= 4 is 5.97 Å². The van der Waals surface area contributed by atoms with Gasteiger partial charge in [-0.25, -0.2) is 4.79 Å². The highest BCUT2D eigenvalue weighted by molar-refractivity contribution is 5.88. The van der Waals surface area contributed by atoms with Gasteiger partial charge in [0, 0.05) is 25.8 Å². The number of hydrogen-bond donors (Lipinski definition) is 1. The molecule has 0 amide bonds. The molecule has 1 aromatic heterocycles. The molecule has 0 spiro atoms. The lowest BCUT2D eigenvalue weighted by atomic mass is 10.2. The maximum Gasteiger partial charge on any atom is 0.339 e. The molecule has 0 aliphatic rings. The molecule has 0 atom stereocenters. The van der Waals surface area contributed by atoms with Gasteiger partial charge < -0.3 is 15.0 Å². The second-order valence-electron chi connectivity index (χ2n) is 4.64. The Kier molecular flexibility index (Phi) is 7.84. The standard InChI is InChI=1S/C15H25N3O2/c1-4-9-18(5-2)10-8-16-12-14-7-6-13(11-17-14)15(19)20-3/h6-7,11,16H,4-5,8-10,12H2,1-3H3. The second kappa shape index (κ2) is 9.44. The minimum absolute atomic E-state index is 0.352. The van der Waals surface area contributed by atoms with Crippen LogP contribution in [-0.2, 0) is 11.3 Å². The number of rotatable bonds is 9. The summed E-state index contributed by atoms with van der Waals surface area (Å²) in [4.78, 5) is 17.9.